The van der Waals surface area contributed by atoms with Gasteiger partial charge in [-0.05, 0) is 31.7 Å². The molecule has 0 spiro atoms. The third kappa shape index (κ3) is 2.71. The molecule has 2 heterocycles. The van der Waals surface area contributed by atoms with Gasteiger partial charge in [-0.2, -0.15) is 5.26 Å². The molecule has 2 atom stereocenters. The molecule has 0 aliphatic carbocycles. The van der Waals surface area contributed by atoms with Crippen LogP contribution in [-0.4, -0.2) is 30.2 Å². The number of thiocyanates is 1. The van der Waals surface area contributed by atoms with Gasteiger partial charge in [-0.25, -0.2) is 0 Å². The lowest BCUT2D eigenvalue weighted by molar-refractivity contribution is 0.423. The molecule has 4 nitrogen and oxygen atoms in total. The molecule has 1 aromatic heterocycles. The molecule has 1 aliphatic heterocycles. The summed E-state index contributed by atoms with van der Waals surface area (Å²) in [7, 11) is 0. The van der Waals surface area contributed by atoms with Crippen LogP contribution >= 0.6 is 11.8 Å². The Morgan fingerprint density at radius 3 is 3.18 bits per heavy atom. The smallest absolute Gasteiger partial charge is 0.138 e. The number of anilines is 1. The van der Waals surface area contributed by atoms with Crippen LogP contribution < -0.4 is 10.2 Å². The highest BCUT2D eigenvalue weighted by Gasteiger charge is 2.24. The summed E-state index contributed by atoms with van der Waals surface area (Å²) >= 11 is 1.18. The summed E-state index contributed by atoms with van der Waals surface area (Å²) in [4.78, 5) is 7.38. The zero-order valence-corrected chi connectivity index (χ0v) is 10.9. The quantitative estimate of drug-likeness (QED) is 0.639. The molecule has 1 aliphatic rings. The zero-order valence-electron chi connectivity index (χ0n) is 10.1. The molecular formula is C12H16N4S. The minimum atomic E-state index is 0.437. The van der Waals surface area contributed by atoms with Gasteiger partial charge in [0.05, 0.1) is 10.6 Å². The SMILES string of the molecule is CC1CN[C@H](C)CN1c1ccncc1SC#N. The maximum absolute atomic E-state index is 8.81. The first-order chi connectivity index (χ1) is 8.22. The highest BCUT2D eigenvalue weighted by atomic mass is 32.2. The number of nitriles is 1. The number of hydrogen-bond acceptors (Lipinski definition) is 5. The number of nitrogens with one attached hydrogen (secondary N) is 1. The van der Waals surface area contributed by atoms with E-state index in [0.717, 1.165) is 23.7 Å². The Morgan fingerprint density at radius 2 is 2.41 bits per heavy atom. The Bertz CT molecular complexity index is 429. The number of pyridine rings is 1. The van der Waals surface area contributed by atoms with Crippen LogP contribution in [0.3, 0.4) is 0 Å². The summed E-state index contributed by atoms with van der Waals surface area (Å²) in [6.07, 6.45) is 3.55. The number of rotatable bonds is 2. The van der Waals surface area contributed by atoms with Crippen molar-refractivity contribution in [2.24, 2.45) is 0 Å². The Morgan fingerprint density at radius 1 is 1.59 bits per heavy atom. The van der Waals surface area contributed by atoms with Gasteiger partial charge in [0.1, 0.15) is 5.40 Å². The van der Waals surface area contributed by atoms with E-state index >= 15 is 0 Å². The van der Waals surface area contributed by atoms with Gasteiger partial charge in [0.25, 0.3) is 0 Å². The van der Waals surface area contributed by atoms with Gasteiger partial charge in [-0.3, -0.25) is 4.98 Å². The van der Waals surface area contributed by atoms with E-state index in [0.29, 0.717) is 12.1 Å². The Hall–Kier alpha value is -1.25. The van der Waals surface area contributed by atoms with Gasteiger partial charge in [-0.15, -0.1) is 0 Å². The van der Waals surface area contributed by atoms with Crippen molar-refractivity contribution < 1.29 is 0 Å². The summed E-state index contributed by atoms with van der Waals surface area (Å²) < 4.78 is 0. The van der Waals surface area contributed by atoms with E-state index in [2.05, 4.69) is 34.4 Å². The second-order valence-electron chi connectivity index (χ2n) is 4.35. The highest BCUT2D eigenvalue weighted by Crippen LogP contribution is 2.30. The number of piperazine rings is 1. The Labute approximate surface area is 106 Å². The average Bonchev–Trinajstić information content (AvgIpc) is 2.34. The van der Waals surface area contributed by atoms with Crippen LogP contribution in [0.15, 0.2) is 23.4 Å². The van der Waals surface area contributed by atoms with Crippen molar-refractivity contribution in [1.29, 1.82) is 5.26 Å². The van der Waals surface area contributed by atoms with Crippen LogP contribution in [0, 0.1) is 10.7 Å². The van der Waals surface area contributed by atoms with Gasteiger partial charge < -0.3 is 10.2 Å². The first-order valence-corrected chi connectivity index (χ1v) is 6.54. The minimum absolute atomic E-state index is 0.437. The standard InChI is InChI=1S/C12H16N4S/c1-9-7-16(10(2)5-15-9)11-3-4-14-6-12(11)17-8-13/h3-4,6,9-10,15H,5,7H2,1-2H3/t9-,10?/m1/s1. The molecule has 1 N–H and O–H groups in total. The third-order valence-corrected chi connectivity index (χ3v) is 3.62. The molecule has 1 aromatic rings. The zero-order chi connectivity index (χ0) is 12.3. The summed E-state index contributed by atoms with van der Waals surface area (Å²) in [5.74, 6) is 0. The topological polar surface area (TPSA) is 52.0 Å². The van der Waals surface area contributed by atoms with Crippen molar-refractivity contribution in [2.45, 2.75) is 30.8 Å². The molecule has 0 amide bonds. The second-order valence-corrected chi connectivity index (χ2v) is 5.17. The fourth-order valence-electron chi connectivity index (χ4n) is 2.09. The first kappa shape index (κ1) is 12.2. The molecule has 5 heteroatoms. The van der Waals surface area contributed by atoms with Crippen molar-refractivity contribution in [3.63, 3.8) is 0 Å². The van der Waals surface area contributed by atoms with Crippen LogP contribution in [0.25, 0.3) is 0 Å². The second kappa shape index (κ2) is 5.39. The van der Waals surface area contributed by atoms with Crippen molar-refractivity contribution in [1.82, 2.24) is 10.3 Å². The number of aromatic nitrogens is 1. The van der Waals surface area contributed by atoms with Gasteiger partial charge >= 0.3 is 0 Å². The molecule has 1 fully saturated rings. The number of hydrogen-bond donors (Lipinski definition) is 1. The van der Waals surface area contributed by atoms with Crippen molar-refractivity contribution in [3.8, 4) is 5.40 Å². The monoisotopic (exact) mass is 248 g/mol. The lowest BCUT2D eigenvalue weighted by Crippen LogP contribution is -2.54. The normalized spacial score (nSPS) is 24.4. The van der Waals surface area contributed by atoms with E-state index in [-0.39, 0.29) is 0 Å². The van der Waals surface area contributed by atoms with Gasteiger partial charge in [0.15, 0.2) is 0 Å². The van der Waals surface area contributed by atoms with E-state index in [1.165, 1.54) is 11.8 Å². The lowest BCUT2D eigenvalue weighted by Gasteiger charge is -2.39. The predicted molar refractivity (Wildman–Crippen MR) is 70.0 cm³/mol. The van der Waals surface area contributed by atoms with Gasteiger partial charge in [0.2, 0.25) is 0 Å². The molecule has 0 radical (unpaired) electrons. The van der Waals surface area contributed by atoms with Crippen LogP contribution in [0.5, 0.6) is 0 Å². The average molecular weight is 248 g/mol. The summed E-state index contributed by atoms with van der Waals surface area (Å²) in [5.41, 5.74) is 1.12. The fraction of sp³-hybridized carbons (Fsp3) is 0.500. The van der Waals surface area contributed by atoms with Crippen LogP contribution in [-0.2, 0) is 0 Å². The third-order valence-electron chi connectivity index (χ3n) is 2.99. The molecule has 1 unspecified atom stereocenters. The van der Waals surface area contributed by atoms with Crippen molar-refractivity contribution >= 4 is 17.4 Å². The maximum Gasteiger partial charge on any atom is 0.138 e. The molecule has 2 rings (SSSR count). The predicted octanol–water partition coefficient (Wildman–Crippen LogP) is 1.84. The lowest BCUT2D eigenvalue weighted by atomic mass is 10.1. The largest absolute Gasteiger partial charge is 0.365 e. The minimum Gasteiger partial charge on any atom is -0.365 e. The van der Waals surface area contributed by atoms with E-state index < -0.39 is 0 Å². The summed E-state index contributed by atoms with van der Waals surface area (Å²) in [6.45, 7) is 6.31. The van der Waals surface area contributed by atoms with E-state index in [1.807, 2.05) is 6.07 Å². The fourth-order valence-corrected chi connectivity index (χ4v) is 2.60. The molecule has 1 saturated heterocycles. The molecular weight excluding hydrogens is 232 g/mol. The maximum atomic E-state index is 8.81. The number of thioether (sulfide) groups is 1. The van der Waals surface area contributed by atoms with Crippen LogP contribution in [0.2, 0.25) is 0 Å². The van der Waals surface area contributed by atoms with Gasteiger partial charge in [0, 0.05) is 37.6 Å². The molecule has 0 bridgehead atoms. The van der Waals surface area contributed by atoms with E-state index in [4.69, 9.17) is 5.26 Å². The van der Waals surface area contributed by atoms with Crippen LogP contribution in [0.1, 0.15) is 13.8 Å². The molecule has 0 saturated carbocycles. The summed E-state index contributed by atoms with van der Waals surface area (Å²) in [5, 5.41) is 14.4. The summed E-state index contributed by atoms with van der Waals surface area (Å²) in [6, 6.07) is 2.90. The highest BCUT2D eigenvalue weighted by molar-refractivity contribution is 8.03. The van der Waals surface area contributed by atoms with E-state index in [9.17, 15) is 0 Å². The molecule has 17 heavy (non-hydrogen) atoms. The van der Waals surface area contributed by atoms with Crippen molar-refractivity contribution in [3.05, 3.63) is 18.5 Å². The van der Waals surface area contributed by atoms with Gasteiger partial charge in [-0.1, -0.05) is 0 Å². The van der Waals surface area contributed by atoms with E-state index in [1.54, 1.807) is 12.4 Å². The number of nitrogens with zero attached hydrogens (tertiary/aromatic N) is 3. The Balaban J connectivity index is 2.28. The van der Waals surface area contributed by atoms with Crippen LogP contribution in [0.4, 0.5) is 5.69 Å². The Kier molecular flexibility index (Phi) is 3.87. The molecule has 0 aromatic carbocycles. The first-order valence-electron chi connectivity index (χ1n) is 5.72. The molecule has 90 valence electrons. The van der Waals surface area contributed by atoms with Crippen molar-refractivity contribution in [2.75, 3.05) is 18.0 Å².